The van der Waals surface area contributed by atoms with Gasteiger partial charge >= 0.3 is 6.01 Å². The molecule has 0 fully saturated rings. The van der Waals surface area contributed by atoms with Gasteiger partial charge in [-0.3, -0.25) is 0 Å². The van der Waals surface area contributed by atoms with Crippen LogP contribution in [0.3, 0.4) is 0 Å². The van der Waals surface area contributed by atoms with Crippen LogP contribution in [0.4, 0.5) is 11.7 Å². The van der Waals surface area contributed by atoms with Gasteiger partial charge in [0.25, 0.3) is 0 Å². The molecule has 5 nitrogen and oxygen atoms in total. The summed E-state index contributed by atoms with van der Waals surface area (Å²) >= 11 is 0. The molecule has 0 amide bonds. The molecule has 0 saturated carbocycles. The van der Waals surface area contributed by atoms with E-state index in [0.717, 1.165) is 12.2 Å². The highest BCUT2D eigenvalue weighted by Crippen LogP contribution is 2.15. The van der Waals surface area contributed by atoms with E-state index < -0.39 is 0 Å². The van der Waals surface area contributed by atoms with Gasteiger partial charge in [-0.05, 0) is 31.5 Å². The highest BCUT2D eigenvalue weighted by atomic mass is 16.4. The molecule has 0 bridgehead atoms. The Morgan fingerprint density at radius 3 is 2.58 bits per heavy atom. The standard InChI is InChI=1S/C14H20N4O/c1-10(2)8-15-9-13-17-18-14(19-13)16-12-6-4-11(3)5-7-12/h4-7,10,15H,8-9H2,1-3H3,(H,16,18). The van der Waals surface area contributed by atoms with Crippen molar-refractivity contribution >= 4 is 11.7 Å². The van der Waals surface area contributed by atoms with Gasteiger partial charge < -0.3 is 15.1 Å². The van der Waals surface area contributed by atoms with E-state index >= 15 is 0 Å². The van der Waals surface area contributed by atoms with E-state index in [2.05, 4.69) is 41.6 Å². The number of benzene rings is 1. The van der Waals surface area contributed by atoms with Gasteiger partial charge in [-0.2, -0.15) is 0 Å². The van der Waals surface area contributed by atoms with Crippen LogP contribution in [-0.4, -0.2) is 16.7 Å². The monoisotopic (exact) mass is 260 g/mol. The maximum atomic E-state index is 5.50. The highest BCUT2D eigenvalue weighted by molar-refractivity contribution is 5.52. The predicted molar refractivity (Wildman–Crippen MR) is 75.3 cm³/mol. The molecule has 5 heteroatoms. The molecule has 0 spiro atoms. The lowest BCUT2D eigenvalue weighted by Crippen LogP contribution is -2.19. The fourth-order valence-electron chi connectivity index (χ4n) is 1.60. The molecule has 0 saturated heterocycles. The lowest BCUT2D eigenvalue weighted by molar-refractivity contribution is 0.460. The SMILES string of the molecule is Cc1ccc(Nc2nnc(CNCC(C)C)o2)cc1. The summed E-state index contributed by atoms with van der Waals surface area (Å²) in [6.07, 6.45) is 0. The quantitative estimate of drug-likeness (QED) is 0.836. The zero-order chi connectivity index (χ0) is 13.7. The van der Waals surface area contributed by atoms with Crippen molar-refractivity contribution in [3.8, 4) is 0 Å². The Labute approximate surface area is 113 Å². The Balaban J connectivity index is 1.88. The van der Waals surface area contributed by atoms with E-state index in [9.17, 15) is 0 Å². The number of hydrogen-bond donors (Lipinski definition) is 2. The van der Waals surface area contributed by atoms with Crippen LogP contribution in [0.1, 0.15) is 25.3 Å². The topological polar surface area (TPSA) is 63.0 Å². The Kier molecular flexibility index (Phi) is 4.52. The van der Waals surface area contributed by atoms with Crippen molar-refractivity contribution < 1.29 is 4.42 Å². The molecular weight excluding hydrogens is 240 g/mol. The minimum absolute atomic E-state index is 0.421. The Hall–Kier alpha value is -1.88. The Morgan fingerprint density at radius 1 is 1.16 bits per heavy atom. The van der Waals surface area contributed by atoms with Gasteiger partial charge in [0.15, 0.2) is 0 Å². The molecule has 2 N–H and O–H groups in total. The summed E-state index contributed by atoms with van der Waals surface area (Å²) in [5.41, 5.74) is 2.16. The summed E-state index contributed by atoms with van der Waals surface area (Å²) in [5, 5.41) is 14.3. The van der Waals surface area contributed by atoms with Crippen LogP contribution in [0, 0.1) is 12.8 Å². The van der Waals surface area contributed by atoms with Gasteiger partial charge in [0, 0.05) is 5.69 Å². The fourth-order valence-corrected chi connectivity index (χ4v) is 1.60. The summed E-state index contributed by atoms with van der Waals surface area (Å²) in [4.78, 5) is 0. The molecule has 0 aliphatic carbocycles. The second kappa shape index (κ2) is 6.33. The molecule has 0 atom stereocenters. The van der Waals surface area contributed by atoms with Crippen molar-refractivity contribution in [2.45, 2.75) is 27.3 Å². The molecule has 19 heavy (non-hydrogen) atoms. The van der Waals surface area contributed by atoms with E-state index in [0.29, 0.717) is 24.4 Å². The van der Waals surface area contributed by atoms with Gasteiger partial charge in [0.1, 0.15) is 0 Å². The minimum Gasteiger partial charge on any atom is -0.406 e. The summed E-state index contributed by atoms with van der Waals surface area (Å²) in [7, 11) is 0. The van der Waals surface area contributed by atoms with Crippen molar-refractivity contribution in [2.24, 2.45) is 5.92 Å². The second-order valence-electron chi connectivity index (χ2n) is 5.02. The van der Waals surface area contributed by atoms with Crippen molar-refractivity contribution in [1.82, 2.24) is 15.5 Å². The zero-order valence-electron chi connectivity index (χ0n) is 11.6. The Morgan fingerprint density at radius 2 is 1.89 bits per heavy atom. The first-order chi connectivity index (χ1) is 9.13. The van der Waals surface area contributed by atoms with Crippen molar-refractivity contribution in [1.29, 1.82) is 0 Å². The van der Waals surface area contributed by atoms with E-state index in [1.807, 2.05) is 24.3 Å². The third kappa shape index (κ3) is 4.37. The van der Waals surface area contributed by atoms with Crippen LogP contribution in [0.2, 0.25) is 0 Å². The van der Waals surface area contributed by atoms with Crippen LogP contribution in [0.15, 0.2) is 28.7 Å². The molecule has 2 aromatic rings. The first kappa shape index (κ1) is 13.5. The minimum atomic E-state index is 0.421. The van der Waals surface area contributed by atoms with Crippen LogP contribution >= 0.6 is 0 Å². The molecule has 0 unspecified atom stereocenters. The maximum absolute atomic E-state index is 5.50. The van der Waals surface area contributed by atoms with Gasteiger partial charge in [0.05, 0.1) is 6.54 Å². The Bertz CT molecular complexity index is 504. The first-order valence-corrected chi connectivity index (χ1v) is 6.50. The van der Waals surface area contributed by atoms with Gasteiger partial charge in [-0.1, -0.05) is 36.6 Å². The number of nitrogens with one attached hydrogen (secondary N) is 2. The van der Waals surface area contributed by atoms with E-state index in [4.69, 9.17) is 4.42 Å². The average molecular weight is 260 g/mol. The van der Waals surface area contributed by atoms with Crippen LogP contribution in [0.5, 0.6) is 0 Å². The van der Waals surface area contributed by atoms with Crippen molar-refractivity contribution in [3.63, 3.8) is 0 Å². The van der Waals surface area contributed by atoms with Crippen LogP contribution in [0.25, 0.3) is 0 Å². The zero-order valence-corrected chi connectivity index (χ0v) is 11.6. The highest BCUT2D eigenvalue weighted by Gasteiger charge is 2.06. The van der Waals surface area contributed by atoms with Gasteiger partial charge in [0.2, 0.25) is 5.89 Å². The number of aromatic nitrogens is 2. The summed E-state index contributed by atoms with van der Waals surface area (Å²) in [6, 6.07) is 8.45. The molecule has 0 aliphatic heterocycles. The number of anilines is 2. The molecular formula is C14H20N4O. The predicted octanol–water partition coefficient (Wildman–Crippen LogP) is 2.87. The fraction of sp³-hybridized carbons (Fsp3) is 0.429. The molecule has 2 rings (SSSR count). The summed E-state index contributed by atoms with van der Waals surface area (Å²) in [6.45, 7) is 7.90. The summed E-state index contributed by atoms with van der Waals surface area (Å²) < 4.78 is 5.50. The average Bonchev–Trinajstić information content (AvgIpc) is 2.79. The lowest BCUT2D eigenvalue weighted by atomic mass is 10.2. The normalized spacial score (nSPS) is 10.9. The van der Waals surface area contributed by atoms with Crippen molar-refractivity contribution in [3.05, 3.63) is 35.7 Å². The number of nitrogens with zero attached hydrogens (tertiary/aromatic N) is 2. The number of rotatable bonds is 6. The third-order valence-corrected chi connectivity index (χ3v) is 2.60. The number of hydrogen-bond acceptors (Lipinski definition) is 5. The third-order valence-electron chi connectivity index (χ3n) is 2.60. The first-order valence-electron chi connectivity index (χ1n) is 6.50. The maximum Gasteiger partial charge on any atom is 0.320 e. The van der Waals surface area contributed by atoms with Crippen LogP contribution in [-0.2, 0) is 6.54 Å². The lowest BCUT2D eigenvalue weighted by Gasteiger charge is -2.04. The molecule has 0 aliphatic rings. The molecule has 102 valence electrons. The summed E-state index contributed by atoms with van der Waals surface area (Å²) in [5.74, 6) is 1.20. The molecule has 0 radical (unpaired) electrons. The number of aryl methyl sites for hydroxylation is 1. The molecule has 1 aromatic carbocycles. The van der Waals surface area contributed by atoms with Crippen molar-refractivity contribution in [2.75, 3.05) is 11.9 Å². The smallest absolute Gasteiger partial charge is 0.320 e. The van der Waals surface area contributed by atoms with Gasteiger partial charge in [-0.15, -0.1) is 5.10 Å². The van der Waals surface area contributed by atoms with Gasteiger partial charge in [-0.25, -0.2) is 0 Å². The van der Waals surface area contributed by atoms with E-state index in [1.165, 1.54) is 5.56 Å². The van der Waals surface area contributed by atoms with Crippen LogP contribution < -0.4 is 10.6 Å². The largest absolute Gasteiger partial charge is 0.406 e. The van der Waals surface area contributed by atoms with E-state index in [1.54, 1.807) is 0 Å². The van der Waals surface area contributed by atoms with E-state index in [-0.39, 0.29) is 0 Å². The molecule has 1 aromatic heterocycles. The molecule has 1 heterocycles. The second-order valence-corrected chi connectivity index (χ2v) is 5.02.